The minimum Gasteiger partial charge on any atom is -0.206 e. The lowest BCUT2D eigenvalue weighted by molar-refractivity contribution is 0.639. The molecule has 0 spiro atoms. The monoisotopic (exact) mass is 199 g/mol. The van der Waals surface area contributed by atoms with E-state index in [1.165, 1.54) is 6.07 Å². The molecule has 0 amide bonds. The minimum absolute atomic E-state index is 0.213. The third-order valence-corrected chi connectivity index (χ3v) is 2.56. The summed E-state index contributed by atoms with van der Waals surface area (Å²) in [5.41, 5.74) is 0.884. The number of hydrogen-bond acceptors (Lipinski definition) is 1. The Morgan fingerprint density at radius 2 is 1.80 bits per heavy atom. The second-order valence-electron chi connectivity index (χ2n) is 3.53. The molecule has 0 aliphatic carbocycles. The molecule has 0 aromatic heterocycles. The molecule has 0 radical (unpaired) electrons. The first-order chi connectivity index (χ1) is 7.24. The molecule has 0 saturated heterocycles. The lowest BCUT2D eigenvalue weighted by atomic mass is 9.95. The van der Waals surface area contributed by atoms with E-state index in [9.17, 15) is 4.39 Å². The van der Waals surface area contributed by atoms with Gasteiger partial charge in [0.1, 0.15) is 5.82 Å². The van der Waals surface area contributed by atoms with Crippen molar-refractivity contribution in [1.29, 1.82) is 5.26 Å². The van der Waals surface area contributed by atoms with Gasteiger partial charge in [0.05, 0.1) is 12.0 Å². The number of hydrogen-bond donors (Lipinski definition) is 0. The zero-order valence-corrected chi connectivity index (χ0v) is 8.37. The highest BCUT2D eigenvalue weighted by molar-refractivity contribution is 5.87. The van der Waals surface area contributed by atoms with Crippen LogP contribution in [-0.4, -0.2) is 0 Å². The topological polar surface area (TPSA) is 23.8 Å². The third-order valence-electron chi connectivity index (χ3n) is 2.56. The molecule has 2 aromatic carbocycles. The first-order valence-corrected chi connectivity index (χ1v) is 4.81. The molecule has 2 heteroatoms. The van der Waals surface area contributed by atoms with Gasteiger partial charge in [0, 0.05) is 5.39 Å². The summed E-state index contributed by atoms with van der Waals surface area (Å²) >= 11 is 0. The van der Waals surface area contributed by atoms with E-state index in [-0.39, 0.29) is 11.7 Å². The number of halogens is 1. The van der Waals surface area contributed by atoms with Crippen LogP contribution in [0.15, 0.2) is 36.4 Å². The fraction of sp³-hybridized carbons (Fsp3) is 0.154. The molecule has 0 N–H and O–H groups in total. The summed E-state index contributed by atoms with van der Waals surface area (Å²) in [7, 11) is 0. The normalized spacial score (nSPS) is 12.3. The van der Waals surface area contributed by atoms with Crippen molar-refractivity contribution in [2.75, 3.05) is 0 Å². The van der Waals surface area contributed by atoms with Gasteiger partial charge in [-0.1, -0.05) is 30.3 Å². The van der Waals surface area contributed by atoms with Crippen LogP contribution < -0.4 is 0 Å². The smallest absolute Gasteiger partial charge is 0.131 e. The Morgan fingerprint density at radius 3 is 2.47 bits per heavy atom. The van der Waals surface area contributed by atoms with Gasteiger partial charge < -0.3 is 0 Å². The van der Waals surface area contributed by atoms with E-state index in [1.54, 1.807) is 18.2 Å². The van der Waals surface area contributed by atoms with Crippen molar-refractivity contribution in [3.63, 3.8) is 0 Å². The first kappa shape index (κ1) is 9.67. The lowest BCUT2D eigenvalue weighted by Crippen LogP contribution is -1.92. The van der Waals surface area contributed by atoms with E-state index in [4.69, 9.17) is 5.26 Å². The molecule has 15 heavy (non-hydrogen) atoms. The van der Waals surface area contributed by atoms with Crippen LogP contribution in [0.4, 0.5) is 4.39 Å². The highest BCUT2D eigenvalue weighted by Gasteiger charge is 2.10. The molecular weight excluding hydrogens is 189 g/mol. The maximum atomic E-state index is 13.5. The van der Waals surface area contributed by atoms with Crippen LogP contribution in [0, 0.1) is 17.1 Å². The van der Waals surface area contributed by atoms with Gasteiger partial charge in [-0.2, -0.15) is 5.26 Å². The van der Waals surface area contributed by atoms with E-state index in [0.29, 0.717) is 5.39 Å². The van der Waals surface area contributed by atoms with Crippen LogP contribution in [0.5, 0.6) is 0 Å². The maximum Gasteiger partial charge on any atom is 0.131 e. The number of nitrogens with zero attached hydrogens (tertiary/aromatic N) is 1. The van der Waals surface area contributed by atoms with Crippen LogP contribution in [-0.2, 0) is 0 Å². The van der Waals surface area contributed by atoms with Crippen molar-refractivity contribution < 1.29 is 4.39 Å². The zero-order chi connectivity index (χ0) is 10.8. The predicted molar refractivity (Wildman–Crippen MR) is 57.9 cm³/mol. The van der Waals surface area contributed by atoms with Crippen molar-refractivity contribution in [3.8, 4) is 6.07 Å². The van der Waals surface area contributed by atoms with Gasteiger partial charge in [-0.25, -0.2) is 4.39 Å². The van der Waals surface area contributed by atoms with Crippen LogP contribution in [0.2, 0.25) is 0 Å². The summed E-state index contributed by atoms with van der Waals surface area (Å²) in [5, 5.41) is 10.3. The first-order valence-electron chi connectivity index (χ1n) is 4.81. The highest BCUT2D eigenvalue weighted by atomic mass is 19.1. The predicted octanol–water partition coefficient (Wildman–Crippen LogP) is 3.61. The minimum atomic E-state index is -0.237. The lowest BCUT2D eigenvalue weighted by Gasteiger charge is -2.08. The van der Waals surface area contributed by atoms with Crippen LogP contribution >= 0.6 is 0 Å². The molecule has 1 unspecified atom stereocenters. The molecule has 0 bridgehead atoms. The number of rotatable bonds is 1. The Labute approximate surface area is 87.8 Å². The SMILES string of the molecule is CC(C#N)c1ccc(F)c2ccccc12. The summed E-state index contributed by atoms with van der Waals surface area (Å²) in [6.45, 7) is 1.82. The van der Waals surface area contributed by atoms with Gasteiger partial charge >= 0.3 is 0 Å². The number of benzene rings is 2. The van der Waals surface area contributed by atoms with Crippen molar-refractivity contribution >= 4 is 10.8 Å². The molecule has 1 nitrogen and oxygen atoms in total. The fourth-order valence-corrected chi connectivity index (χ4v) is 1.73. The molecule has 0 heterocycles. The molecule has 0 aliphatic rings. The highest BCUT2D eigenvalue weighted by Crippen LogP contribution is 2.26. The molecule has 74 valence electrons. The summed E-state index contributed by atoms with van der Waals surface area (Å²) in [5.74, 6) is -0.449. The van der Waals surface area contributed by atoms with Gasteiger partial charge in [0.2, 0.25) is 0 Å². The van der Waals surface area contributed by atoms with Crippen molar-refractivity contribution in [1.82, 2.24) is 0 Å². The maximum absolute atomic E-state index is 13.5. The Kier molecular flexibility index (Phi) is 2.39. The van der Waals surface area contributed by atoms with E-state index >= 15 is 0 Å². The largest absolute Gasteiger partial charge is 0.206 e. The van der Waals surface area contributed by atoms with E-state index < -0.39 is 0 Å². The number of nitriles is 1. The fourth-order valence-electron chi connectivity index (χ4n) is 1.73. The van der Waals surface area contributed by atoms with Gasteiger partial charge in [0.25, 0.3) is 0 Å². The van der Waals surface area contributed by atoms with Crippen LogP contribution in [0.25, 0.3) is 10.8 Å². The summed E-state index contributed by atoms with van der Waals surface area (Å²) in [6.07, 6.45) is 0. The molecule has 0 fully saturated rings. The second kappa shape index (κ2) is 3.70. The quantitative estimate of drug-likeness (QED) is 0.688. The van der Waals surface area contributed by atoms with Crippen molar-refractivity contribution in [2.45, 2.75) is 12.8 Å². The Hall–Kier alpha value is -1.88. The molecule has 2 rings (SSSR count). The van der Waals surface area contributed by atoms with Gasteiger partial charge in [0.15, 0.2) is 0 Å². The van der Waals surface area contributed by atoms with E-state index in [1.807, 2.05) is 19.1 Å². The van der Waals surface area contributed by atoms with Gasteiger partial charge in [-0.3, -0.25) is 0 Å². The van der Waals surface area contributed by atoms with Gasteiger partial charge in [-0.15, -0.1) is 0 Å². The average Bonchev–Trinajstić information content (AvgIpc) is 2.29. The molecule has 2 aromatic rings. The van der Waals surface area contributed by atoms with Crippen molar-refractivity contribution in [2.24, 2.45) is 0 Å². The average molecular weight is 199 g/mol. The molecule has 1 atom stereocenters. The van der Waals surface area contributed by atoms with E-state index in [0.717, 1.165) is 10.9 Å². The third kappa shape index (κ3) is 1.57. The Bertz CT molecular complexity index is 540. The summed E-state index contributed by atoms with van der Waals surface area (Å²) < 4.78 is 13.5. The van der Waals surface area contributed by atoms with Crippen molar-refractivity contribution in [3.05, 3.63) is 47.8 Å². The Morgan fingerprint density at radius 1 is 1.13 bits per heavy atom. The summed E-state index contributed by atoms with van der Waals surface area (Å²) in [4.78, 5) is 0. The standard InChI is InChI=1S/C13H10FN/c1-9(8-15)10-6-7-13(14)12-5-3-2-4-11(10)12/h2-7,9H,1H3. The van der Waals surface area contributed by atoms with Crippen LogP contribution in [0.1, 0.15) is 18.4 Å². The molecule has 0 aliphatic heterocycles. The number of fused-ring (bicyclic) bond motifs is 1. The van der Waals surface area contributed by atoms with Gasteiger partial charge in [-0.05, 0) is 23.9 Å². The summed E-state index contributed by atoms with van der Waals surface area (Å²) in [6, 6.07) is 12.5. The van der Waals surface area contributed by atoms with Crippen LogP contribution in [0.3, 0.4) is 0 Å². The zero-order valence-electron chi connectivity index (χ0n) is 8.37. The molecular formula is C13H10FN. The Balaban J connectivity index is 2.78. The van der Waals surface area contributed by atoms with E-state index in [2.05, 4.69) is 6.07 Å². The second-order valence-corrected chi connectivity index (χ2v) is 3.53. The molecule has 0 saturated carbocycles.